The normalized spacial score (nSPS) is 16.8. The van der Waals surface area contributed by atoms with Gasteiger partial charge < -0.3 is 14.9 Å². The Morgan fingerprint density at radius 2 is 2.00 bits per heavy atom. The van der Waals surface area contributed by atoms with Crippen LogP contribution in [0.25, 0.3) is 11.3 Å². The highest BCUT2D eigenvalue weighted by atomic mass is 16.5. The number of carbonyl (C=O) groups excluding carboxylic acids is 1. The molecule has 0 radical (unpaired) electrons. The Morgan fingerprint density at radius 1 is 1.29 bits per heavy atom. The van der Waals surface area contributed by atoms with E-state index in [1.807, 2.05) is 30.3 Å². The van der Waals surface area contributed by atoms with Gasteiger partial charge in [-0.25, -0.2) is 0 Å². The van der Waals surface area contributed by atoms with E-state index in [0.29, 0.717) is 5.69 Å². The van der Waals surface area contributed by atoms with Crippen LogP contribution < -0.4 is 5.32 Å². The maximum absolute atomic E-state index is 12.0. The van der Waals surface area contributed by atoms with Gasteiger partial charge in [-0.05, 0) is 12.8 Å². The van der Waals surface area contributed by atoms with Gasteiger partial charge in [-0.1, -0.05) is 48.3 Å². The second-order valence-electron chi connectivity index (χ2n) is 5.56. The van der Waals surface area contributed by atoms with Crippen LogP contribution in [0.15, 0.2) is 40.9 Å². The van der Waals surface area contributed by atoms with Crippen LogP contribution in [0.1, 0.15) is 36.2 Å². The molecule has 5 nitrogen and oxygen atoms in total. The summed E-state index contributed by atoms with van der Waals surface area (Å²) in [6.07, 6.45) is 3.48. The molecule has 0 unspecified atom stereocenters. The topological polar surface area (TPSA) is 75.4 Å². The predicted molar refractivity (Wildman–Crippen MR) is 77.7 cm³/mol. The van der Waals surface area contributed by atoms with Gasteiger partial charge >= 0.3 is 0 Å². The molecule has 5 heteroatoms. The van der Waals surface area contributed by atoms with Crippen molar-refractivity contribution in [2.24, 2.45) is 0 Å². The maximum Gasteiger partial charge on any atom is 0.290 e. The number of amides is 1. The minimum Gasteiger partial charge on any atom is -0.388 e. The van der Waals surface area contributed by atoms with Crippen LogP contribution in [0.3, 0.4) is 0 Å². The summed E-state index contributed by atoms with van der Waals surface area (Å²) in [5, 5.41) is 16.8. The van der Waals surface area contributed by atoms with E-state index in [1.165, 1.54) is 0 Å². The highest BCUT2D eigenvalue weighted by Gasteiger charge is 2.31. The lowest BCUT2D eigenvalue weighted by molar-refractivity contribution is 0.0442. The summed E-state index contributed by atoms with van der Waals surface area (Å²) < 4.78 is 5.09. The third-order valence-corrected chi connectivity index (χ3v) is 3.92. The Labute approximate surface area is 123 Å². The van der Waals surface area contributed by atoms with E-state index in [0.717, 1.165) is 31.2 Å². The summed E-state index contributed by atoms with van der Waals surface area (Å²) in [4.78, 5) is 12.0. The molecule has 0 spiro atoms. The SMILES string of the molecule is O=C(NCC1(O)CCCC1)c1cc(-c2ccccc2)no1. The summed E-state index contributed by atoms with van der Waals surface area (Å²) >= 11 is 0. The zero-order valence-electron chi connectivity index (χ0n) is 11.7. The van der Waals surface area contributed by atoms with E-state index < -0.39 is 5.60 Å². The quantitative estimate of drug-likeness (QED) is 0.904. The van der Waals surface area contributed by atoms with Crippen LogP contribution in [-0.4, -0.2) is 28.3 Å². The van der Waals surface area contributed by atoms with Gasteiger partial charge in [0.15, 0.2) is 0 Å². The second-order valence-corrected chi connectivity index (χ2v) is 5.56. The van der Waals surface area contributed by atoms with Crippen LogP contribution in [0.5, 0.6) is 0 Å². The van der Waals surface area contributed by atoms with Crippen molar-refractivity contribution in [3.8, 4) is 11.3 Å². The molecule has 1 aliphatic rings. The number of rotatable bonds is 4. The van der Waals surface area contributed by atoms with Gasteiger partial charge in [-0.3, -0.25) is 4.79 Å². The first-order valence-electron chi connectivity index (χ1n) is 7.19. The number of benzene rings is 1. The van der Waals surface area contributed by atoms with Crippen LogP contribution in [0.4, 0.5) is 0 Å². The van der Waals surface area contributed by atoms with Crippen molar-refractivity contribution in [3.63, 3.8) is 0 Å². The van der Waals surface area contributed by atoms with Crippen LogP contribution in [0, 0.1) is 0 Å². The van der Waals surface area contributed by atoms with Gasteiger partial charge in [0.2, 0.25) is 5.76 Å². The molecule has 0 bridgehead atoms. The highest BCUT2D eigenvalue weighted by Crippen LogP contribution is 2.28. The molecule has 1 fully saturated rings. The Bertz CT molecular complexity index is 615. The standard InChI is InChI=1S/C16H18N2O3/c19-15(17-11-16(20)8-4-5-9-16)14-10-13(18-21-14)12-6-2-1-3-7-12/h1-3,6-7,10,20H,4-5,8-9,11H2,(H,17,19). The Balaban J connectivity index is 1.64. The van der Waals surface area contributed by atoms with Crippen LogP contribution in [-0.2, 0) is 0 Å². The van der Waals surface area contributed by atoms with Crippen molar-refractivity contribution in [2.45, 2.75) is 31.3 Å². The van der Waals surface area contributed by atoms with E-state index in [1.54, 1.807) is 6.07 Å². The van der Waals surface area contributed by atoms with Crippen molar-refractivity contribution < 1.29 is 14.4 Å². The number of carbonyl (C=O) groups is 1. The van der Waals surface area contributed by atoms with Gasteiger partial charge in [-0.15, -0.1) is 0 Å². The van der Waals surface area contributed by atoms with E-state index in [-0.39, 0.29) is 18.2 Å². The van der Waals surface area contributed by atoms with Crippen molar-refractivity contribution in [1.82, 2.24) is 10.5 Å². The van der Waals surface area contributed by atoms with E-state index in [2.05, 4.69) is 10.5 Å². The van der Waals surface area contributed by atoms with Crippen molar-refractivity contribution in [1.29, 1.82) is 0 Å². The van der Waals surface area contributed by atoms with Gasteiger partial charge in [0.1, 0.15) is 5.69 Å². The summed E-state index contributed by atoms with van der Waals surface area (Å²) in [5.74, 6) is -0.180. The molecule has 1 aromatic heterocycles. The second kappa shape index (κ2) is 5.69. The molecule has 0 aliphatic heterocycles. The Kier molecular flexibility index (Phi) is 3.75. The van der Waals surface area contributed by atoms with Crippen LogP contribution in [0.2, 0.25) is 0 Å². The number of aromatic nitrogens is 1. The zero-order valence-corrected chi connectivity index (χ0v) is 11.7. The monoisotopic (exact) mass is 286 g/mol. The minimum atomic E-state index is -0.766. The fraction of sp³-hybridized carbons (Fsp3) is 0.375. The summed E-state index contributed by atoms with van der Waals surface area (Å²) in [5.41, 5.74) is 0.757. The zero-order chi connectivity index (χ0) is 14.7. The predicted octanol–water partition coefficient (Wildman–Crippen LogP) is 2.38. The fourth-order valence-electron chi connectivity index (χ4n) is 2.67. The molecular weight excluding hydrogens is 268 g/mol. The molecule has 110 valence electrons. The first-order chi connectivity index (χ1) is 10.2. The first-order valence-corrected chi connectivity index (χ1v) is 7.19. The lowest BCUT2D eigenvalue weighted by Gasteiger charge is -2.21. The van der Waals surface area contributed by atoms with Gasteiger partial charge in [0.25, 0.3) is 5.91 Å². The van der Waals surface area contributed by atoms with Crippen molar-refractivity contribution >= 4 is 5.91 Å². The maximum atomic E-state index is 12.0. The molecule has 1 saturated carbocycles. The molecule has 1 amide bonds. The minimum absolute atomic E-state index is 0.162. The average Bonchev–Trinajstić information content (AvgIpc) is 3.16. The smallest absolute Gasteiger partial charge is 0.290 e. The number of nitrogens with zero attached hydrogens (tertiary/aromatic N) is 1. The number of nitrogens with one attached hydrogen (secondary N) is 1. The Hall–Kier alpha value is -2.14. The molecule has 0 atom stereocenters. The van der Waals surface area contributed by atoms with E-state index >= 15 is 0 Å². The number of hydrogen-bond acceptors (Lipinski definition) is 4. The first kappa shape index (κ1) is 13.8. The lowest BCUT2D eigenvalue weighted by Crippen LogP contribution is -2.40. The molecule has 0 saturated heterocycles. The van der Waals surface area contributed by atoms with E-state index in [4.69, 9.17) is 4.52 Å². The van der Waals surface area contributed by atoms with Crippen molar-refractivity contribution in [2.75, 3.05) is 6.54 Å². The third-order valence-electron chi connectivity index (χ3n) is 3.92. The summed E-state index contributed by atoms with van der Waals surface area (Å²) in [6, 6.07) is 11.1. The fourth-order valence-corrected chi connectivity index (χ4v) is 2.67. The third kappa shape index (κ3) is 3.13. The van der Waals surface area contributed by atoms with Gasteiger partial charge in [0, 0.05) is 18.2 Å². The molecule has 1 heterocycles. The molecule has 3 rings (SSSR count). The van der Waals surface area contributed by atoms with Gasteiger partial charge in [0.05, 0.1) is 5.60 Å². The molecule has 1 aliphatic carbocycles. The summed E-state index contributed by atoms with van der Waals surface area (Å²) in [7, 11) is 0. The molecule has 2 aromatic rings. The molecule has 2 N–H and O–H groups in total. The van der Waals surface area contributed by atoms with E-state index in [9.17, 15) is 9.90 Å². The Morgan fingerprint density at radius 3 is 2.71 bits per heavy atom. The van der Waals surface area contributed by atoms with Crippen LogP contribution >= 0.6 is 0 Å². The molecule has 21 heavy (non-hydrogen) atoms. The summed E-state index contributed by atoms with van der Waals surface area (Å²) in [6.45, 7) is 0.257. The van der Waals surface area contributed by atoms with Crippen molar-refractivity contribution in [3.05, 3.63) is 42.2 Å². The molecular formula is C16H18N2O3. The van der Waals surface area contributed by atoms with Gasteiger partial charge in [-0.2, -0.15) is 0 Å². The highest BCUT2D eigenvalue weighted by molar-refractivity contribution is 5.92. The lowest BCUT2D eigenvalue weighted by atomic mass is 10.0. The average molecular weight is 286 g/mol. The largest absolute Gasteiger partial charge is 0.388 e. The molecule has 1 aromatic carbocycles. The number of aliphatic hydroxyl groups is 1. The number of hydrogen-bond donors (Lipinski definition) is 2.